The molecule has 0 fully saturated rings. The van der Waals surface area contributed by atoms with E-state index in [1.807, 2.05) is 6.92 Å². The van der Waals surface area contributed by atoms with Gasteiger partial charge < -0.3 is 15.7 Å². The molecule has 5 nitrogen and oxygen atoms in total. The molecule has 0 bridgehead atoms. The van der Waals surface area contributed by atoms with Crippen molar-refractivity contribution in [3.63, 3.8) is 0 Å². The number of urea groups is 1. The molecule has 0 aliphatic rings. The van der Waals surface area contributed by atoms with Crippen LogP contribution in [0.15, 0.2) is 24.3 Å². The topological polar surface area (TPSA) is 78.4 Å². The highest BCUT2D eigenvalue weighted by molar-refractivity contribution is 5.89. The van der Waals surface area contributed by atoms with Crippen molar-refractivity contribution in [2.75, 3.05) is 11.9 Å². The largest absolute Gasteiger partial charge is 0.481 e. The fraction of sp³-hybridized carbons (Fsp3) is 0.273. The van der Waals surface area contributed by atoms with Crippen LogP contribution in [0, 0.1) is 0 Å². The molecule has 0 saturated carbocycles. The molecular weight excluding hydrogens is 208 g/mol. The van der Waals surface area contributed by atoms with Gasteiger partial charge in [-0.15, -0.1) is 0 Å². The third-order valence-corrected chi connectivity index (χ3v) is 1.88. The predicted octanol–water partition coefficient (Wildman–Crippen LogP) is 1.46. The maximum atomic E-state index is 11.2. The fourth-order valence-corrected chi connectivity index (χ4v) is 1.27. The molecular formula is C11H14N2O3. The van der Waals surface area contributed by atoms with E-state index < -0.39 is 5.97 Å². The summed E-state index contributed by atoms with van der Waals surface area (Å²) in [6, 6.07) is 6.47. The Labute approximate surface area is 93.5 Å². The van der Waals surface area contributed by atoms with Gasteiger partial charge in [0, 0.05) is 12.2 Å². The Morgan fingerprint density at radius 3 is 2.75 bits per heavy atom. The summed E-state index contributed by atoms with van der Waals surface area (Å²) in [5.74, 6) is -0.893. The molecule has 0 unspecified atom stereocenters. The molecule has 1 aromatic carbocycles. The Balaban J connectivity index is 2.67. The van der Waals surface area contributed by atoms with Crippen LogP contribution >= 0.6 is 0 Å². The standard InChI is InChI=1S/C11H14N2O3/c1-2-12-11(16)13-9-5-3-4-8(6-9)7-10(14)15/h3-6H,2,7H2,1H3,(H,14,15)(H2,12,13,16). The molecule has 0 radical (unpaired) electrons. The van der Waals surface area contributed by atoms with Gasteiger partial charge in [-0.25, -0.2) is 4.79 Å². The number of hydrogen-bond acceptors (Lipinski definition) is 2. The summed E-state index contributed by atoms with van der Waals surface area (Å²) in [7, 11) is 0. The molecule has 0 saturated heterocycles. The minimum atomic E-state index is -0.893. The summed E-state index contributed by atoms with van der Waals surface area (Å²) in [5, 5.41) is 13.8. The first kappa shape index (κ1) is 12.0. The van der Waals surface area contributed by atoms with Gasteiger partial charge in [-0.05, 0) is 24.6 Å². The Bertz CT molecular complexity index is 391. The minimum absolute atomic E-state index is 0.0507. The number of anilines is 1. The van der Waals surface area contributed by atoms with Gasteiger partial charge in [0.2, 0.25) is 0 Å². The molecule has 5 heteroatoms. The number of rotatable bonds is 4. The lowest BCUT2D eigenvalue weighted by Gasteiger charge is -2.06. The molecule has 0 aliphatic carbocycles. The van der Waals surface area contributed by atoms with Crippen LogP contribution in [-0.4, -0.2) is 23.7 Å². The number of benzene rings is 1. The monoisotopic (exact) mass is 222 g/mol. The van der Waals surface area contributed by atoms with Crippen LogP contribution in [-0.2, 0) is 11.2 Å². The smallest absolute Gasteiger partial charge is 0.319 e. The number of nitrogens with one attached hydrogen (secondary N) is 2. The van der Waals surface area contributed by atoms with E-state index in [2.05, 4.69) is 10.6 Å². The van der Waals surface area contributed by atoms with Crippen molar-refractivity contribution in [2.45, 2.75) is 13.3 Å². The second-order valence-corrected chi connectivity index (χ2v) is 3.26. The summed E-state index contributed by atoms with van der Waals surface area (Å²) in [6.07, 6.45) is -0.0507. The highest BCUT2D eigenvalue weighted by Gasteiger charge is 2.03. The van der Waals surface area contributed by atoms with E-state index in [-0.39, 0.29) is 12.5 Å². The van der Waals surface area contributed by atoms with Crippen LogP contribution in [0.5, 0.6) is 0 Å². The predicted molar refractivity (Wildman–Crippen MR) is 60.5 cm³/mol. The van der Waals surface area contributed by atoms with Gasteiger partial charge in [0.25, 0.3) is 0 Å². The summed E-state index contributed by atoms with van der Waals surface area (Å²) >= 11 is 0. The van der Waals surface area contributed by atoms with Gasteiger partial charge in [-0.3, -0.25) is 4.79 Å². The number of carboxylic acid groups (broad SMARTS) is 1. The van der Waals surface area contributed by atoms with E-state index in [1.165, 1.54) is 0 Å². The van der Waals surface area contributed by atoms with E-state index >= 15 is 0 Å². The number of carboxylic acids is 1. The van der Waals surface area contributed by atoms with Gasteiger partial charge in [0.15, 0.2) is 0 Å². The Hall–Kier alpha value is -2.04. The Kier molecular flexibility index (Phi) is 4.32. The van der Waals surface area contributed by atoms with E-state index in [0.29, 0.717) is 17.8 Å². The van der Waals surface area contributed by atoms with E-state index in [1.54, 1.807) is 24.3 Å². The van der Waals surface area contributed by atoms with Crippen LogP contribution < -0.4 is 10.6 Å². The van der Waals surface area contributed by atoms with Gasteiger partial charge in [0.1, 0.15) is 0 Å². The first-order valence-electron chi connectivity index (χ1n) is 4.97. The molecule has 16 heavy (non-hydrogen) atoms. The third-order valence-electron chi connectivity index (χ3n) is 1.88. The third kappa shape index (κ3) is 4.00. The average molecular weight is 222 g/mol. The lowest BCUT2D eigenvalue weighted by atomic mass is 10.1. The molecule has 3 N–H and O–H groups in total. The molecule has 0 aromatic heterocycles. The van der Waals surface area contributed by atoms with Crippen LogP contribution in [0.4, 0.5) is 10.5 Å². The van der Waals surface area contributed by atoms with Crippen LogP contribution in [0.25, 0.3) is 0 Å². The zero-order valence-electron chi connectivity index (χ0n) is 8.99. The molecule has 1 aromatic rings. The molecule has 0 spiro atoms. The summed E-state index contributed by atoms with van der Waals surface area (Å²) in [4.78, 5) is 21.7. The van der Waals surface area contributed by atoms with Gasteiger partial charge >= 0.3 is 12.0 Å². The quantitative estimate of drug-likeness (QED) is 0.721. The highest BCUT2D eigenvalue weighted by atomic mass is 16.4. The second kappa shape index (κ2) is 5.75. The van der Waals surface area contributed by atoms with Gasteiger partial charge in [-0.2, -0.15) is 0 Å². The molecule has 0 aliphatic heterocycles. The van der Waals surface area contributed by atoms with Gasteiger partial charge in [0.05, 0.1) is 6.42 Å². The number of aliphatic carboxylic acids is 1. The summed E-state index contributed by atoms with van der Waals surface area (Å²) in [6.45, 7) is 2.36. The normalized spacial score (nSPS) is 9.56. The van der Waals surface area contributed by atoms with Crippen LogP contribution in [0.2, 0.25) is 0 Å². The average Bonchev–Trinajstić information content (AvgIpc) is 2.17. The number of carbonyl (C=O) groups excluding carboxylic acids is 1. The van der Waals surface area contributed by atoms with Crippen molar-refractivity contribution in [1.82, 2.24) is 5.32 Å². The first-order valence-corrected chi connectivity index (χ1v) is 4.97. The van der Waals surface area contributed by atoms with Crippen molar-refractivity contribution < 1.29 is 14.7 Å². The minimum Gasteiger partial charge on any atom is -0.481 e. The van der Waals surface area contributed by atoms with E-state index in [0.717, 1.165) is 0 Å². The maximum absolute atomic E-state index is 11.2. The van der Waals surface area contributed by atoms with Crippen molar-refractivity contribution >= 4 is 17.7 Å². The number of carbonyl (C=O) groups is 2. The van der Waals surface area contributed by atoms with Crippen molar-refractivity contribution in [2.24, 2.45) is 0 Å². The van der Waals surface area contributed by atoms with Gasteiger partial charge in [-0.1, -0.05) is 12.1 Å². The Morgan fingerprint density at radius 1 is 1.38 bits per heavy atom. The summed E-state index contributed by atoms with van der Waals surface area (Å²) in [5.41, 5.74) is 1.24. The van der Waals surface area contributed by atoms with Crippen molar-refractivity contribution in [3.05, 3.63) is 29.8 Å². The lowest BCUT2D eigenvalue weighted by molar-refractivity contribution is -0.136. The highest BCUT2D eigenvalue weighted by Crippen LogP contribution is 2.10. The zero-order chi connectivity index (χ0) is 12.0. The van der Waals surface area contributed by atoms with Crippen LogP contribution in [0.1, 0.15) is 12.5 Å². The number of hydrogen-bond donors (Lipinski definition) is 3. The van der Waals surface area contributed by atoms with Crippen molar-refractivity contribution in [1.29, 1.82) is 0 Å². The first-order chi connectivity index (χ1) is 7.61. The lowest BCUT2D eigenvalue weighted by Crippen LogP contribution is -2.28. The molecule has 86 valence electrons. The Morgan fingerprint density at radius 2 is 2.12 bits per heavy atom. The molecule has 1 rings (SSSR count). The summed E-state index contributed by atoms with van der Waals surface area (Å²) < 4.78 is 0. The molecule has 0 heterocycles. The van der Waals surface area contributed by atoms with Crippen LogP contribution in [0.3, 0.4) is 0 Å². The molecule has 2 amide bonds. The fourth-order valence-electron chi connectivity index (χ4n) is 1.27. The van der Waals surface area contributed by atoms with Crippen molar-refractivity contribution in [3.8, 4) is 0 Å². The SMILES string of the molecule is CCNC(=O)Nc1cccc(CC(=O)O)c1. The number of amides is 2. The molecule has 0 atom stereocenters. The van der Waals surface area contributed by atoms with E-state index in [9.17, 15) is 9.59 Å². The zero-order valence-corrected chi connectivity index (χ0v) is 8.99. The van der Waals surface area contributed by atoms with E-state index in [4.69, 9.17) is 5.11 Å². The second-order valence-electron chi connectivity index (χ2n) is 3.26. The maximum Gasteiger partial charge on any atom is 0.319 e.